The Hall–Kier alpha value is -1.38. The molecular weight excluding hydrogens is 224 g/mol. The van der Waals surface area contributed by atoms with E-state index in [0.717, 1.165) is 26.1 Å². The summed E-state index contributed by atoms with van der Waals surface area (Å²) in [7, 11) is 3.48. The SMILES string of the molecule is COCCc1ccc2ccc(CCOC)cc2c1. The van der Waals surface area contributed by atoms with Gasteiger partial charge in [-0.15, -0.1) is 0 Å². The molecule has 0 radical (unpaired) electrons. The highest BCUT2D eigenvalue weighted by Crippen LogP contribution is 2.18. The molecule has 0 bridgehead atoms. The molecule has 0 heterocycles. The van der Waals surface area contributed by atoms with Crippen LogP contribution in [0.1, 0.15) is 11.1 Å². The Morgan fingerprint density at radius 3 is 1.67 bits per heavy atom. The highest BCUT2D eigenvalue weighted by molar-refractivity contribution is 5.83. The van der Waals surface area contributed by atoms with Gasteiger partial charge in [0.1, 0.15) is 0 Å². The van der Waals surface area contributed by atoms with Gasteiger partial charge in [0, 0.05) is 14.2 Å². The lowest BCUT2D eigenvalue weighted by Gasteiger charge is -2.06. The first-order valence-electron chi connectivity index (χ1n) is 6.33. The molecule has 2 aromatic carbocycles. The molecule has 0 aliphatic carbocycles. The maximum absolute atomic E-state index is 5.12. The molecule has 0 saturated carbocycles. The number of methoxy groups -OCH3 is 2. The lowest BCUT2D eigenvalue weighted by molar-refractivity contribution is 0.202. The summed E-state index contributed by atoms with van der Waals surface area (Å²) >= 11 is 0. The molecular formula is C16H20O2. The Balaban J connectivity index is 2.22. The molecule has 96 valence electrons. The van der Waals surface area contributed by atoms with Gasteiger partial charge in [0.2, 0.25) is 0 Å². The number of rotatable bonds is 6. The monoisotopic (exact) mass is 244 g/mol. The van der Waals surface area contributed by atoms with Crippen molar-refractivity contribution >= 4 is 10.8 Å². The summed E-state index contributed by atoms with van der Waals surface area (Å²) in [5.41, 5.74) is 2.65. The summed E-state index contributed by atoms with van der Waals surface area (Å²) in [5.74, 6) is 0. The van der Waals surface area contributed by atoms with Gasteiger partial charge < -0.3 is 9.47 Å². The zero-order chi connectivity index (χ0) is 12.8. The minimum Gasteiger partial charge on any atom is -0.384 e. The molecule has 0 atom stereocenters. The predicted molar refractivity (Wildman–Crippen MR) is 75.1 cm³/mol. The van der Waals surface area contributed by atoms with E-state index in [1.807, 2.05) is 0 Å². The van der Waals surface area contributed by atoms with Gasteiger partial charge in [-0.1, -0.05) is 36.4 Å². The van der Waals surface area contributed by atoms with Crippen molar-refractivity contribution in [2.24, 2.45) is 0 Å². The Morgan fingerprint density at radius 1 is 0.722 bits per heavy atom. The third-order valence-electron chi connectivity index (χ3n) is 3.16. The molecule has 2 heteroatoms. The highest BCUT2D eigenvalue weighted by Gasteiger charge is 1.99. The molecule has 0 saturated heterocycles. The fraction of sp³-hybridized carbons (Fsp3) is 0.375. The van der Waals surface area contributed by atoms with Crippen molar-refractivity contribution < 1.29 is 9.47 Å². The average molecular weight is 244 g/mol. The van der Waals surface area contributed by atoms with Crippen molar-refractivity contribution in [2.45, 2.75) is 12.8 Å². The summed E-state index contributed by atoms with van der Waals surface area (Å²) < 4.78 is 10.2. The minimum absolute atomic E-state index is 0.773. The van der Waals surface area contributed by atoms with E-state index in [1.165, 1.54) is 21.9 Å². The lowest BCUT2D eigenvalue weighted by Crippen LogP contribution is -1.95. The molecule has 0 aliphatic rings. The first-order chi connectivity index (χ1) is 8.83. The maximum atomic E-state index is 5.12. The van der Waals surface area contributed by atoms with E-state index in [9.17, 15) is 0 Å². The lowest BCUT2D eigenvalue weighted by atomic mass is 10.0. The average Bonchev–Trinajstić information content (AvgIpc) is 2.42. The quantitative estimate of drug-likeness (QED) is 0.776. The van der Waals surface area contributed by atoms with Crippen LogP contribution in [0.5, 0.6) is 0 Å². The van der Waals surface area contributed by atoms with E-state index in [2.05, 4.69) is 36.4 Å². The fourth-order valence-corrected chi connectivity index (χ4v) is 2.10. The van der Waals surface area contributed by atoms with Gasteiger partial charge in [0.25, 0.3) is 0 Å². The smallest absolute Gasteiger partial charge is 0.0502 e. The van der Waals surface area contributed by atoms with Gasteiger partial charge in [-0.2, -0.15) is 0 Å². The zero-order valence-electron chi connectivity index (χ0n) is 11.1. The van der Waals surface area contributed by atoms with Crippen LogP contribution >= 0.6 is 0 Å². The second-order valence-corrected chi connectivity index (χ2v) is 4.50. The van der Waals surface area contributed by atoms with Crippen LogP contribution in [-0.4, -0.2) is 27.4 Å². The van der Waals surface area contributed by atoms with E-state index in [1.54, 1.807) is 14.2 Å². The summed E-state index contributed by atoms with van der Waals surface area (Å²) in [6, 6.07) is 13.2. The molecule has 0 amide bonds. The Kier molecular flexibility index (Phi) is 4.73. The van der Waals surface area contributed by atoms with Crippen LogP contribution in [0, 0.1) is 0 Å². The van der Waals surface area contributed by atoms with Gasteiger partial charge in [-0.05, 0) is 34.7 Å². The van der Waals surface area contributed by atoms with E-state index in [4.69, 9.17) is 9.47 Å². The second kappa shape index (κ2) is 6.53. The normalized spacial score (nSPS) is 11.0. The van der Waals surface area contributed by atoms with Crippen LogP contribution in [0.25, 0.3) is 10.8 Å². The third-order valence-corrected chi connectivity index (χ3v) is 3.16. The summed E-state index contributed by atoms with van der Waals surface area (Å²) in [5, 5.41) is 2.59. The van der Waals surface area contributed by atoms with Crippen LogP contribution in [0.4, 0.5) is 0 Å². The molecule has 0 fully saturated rings. The van der Waals surface area contributed by atoms with E-state index in [0.29, 0.717) is 0 Å². The third kappa shape index (κ3) is 3.31. The Labute approximate surface area is 109 Å². The van der Waals surface area contributed by atoms with Crippen molar-refractivity contribution in [3.05, 3.63) is 47.5 Å². The largest absolute Gasteiger partial charge is 0.384 e. The molecule has 0 aliphatic heterocycles. The molecule has 0 spiro atoms. The number of hydrogen-bond donors (Lipinski definition) is 0. The van der Waals surface area contributed by atoms with E-state index in [-0.39, 0.29) is 0 Å². The van der Waals surface area contributed by atoms with Crippen molar-refractivity contribution in [3.63, 3.8) is 0 Å². The molecule has 0 aromatic heterocycles. The molecule has 0 N–H and O–H groups in total. The molecule has 2 rings (SSSR count). The molecule has 2 nitrogen and oxygen atoms in total. The van der Waals surface area contributed by atoms with Crippen LogP contribution < -0.4 is 0 Å². The predicted octanol–water partition coefficient (Wildman–Crippen LogP) is 3.22. The van der Waals surface area contributed by atoms with Gasteiger partial charge in [0.15, 0.2) is 0 Å². The molecule has 2 aromatic rings. The first kappa shape index (κ1) is 13.1. The second-order valence-electron chi connectivity index (χ2n) is 4.50. The number of benzene rings is 2. The highest BCUT2D eigenvalue weighted by atomic mass is 16.5. The summed E-state index contributed by atoms with van der Waals surface area (Å²) in [6.45, 7) is 1.55. The Morgan fingerprint density at radius 2 is 1.22 bits per heavy atom. The van der Waals surface area contributed by atoms with Gasteiger partial charge in [-0.3, -0.25) is 0 Å². The van der Waals surface area contributed by atoms with Crippen molar-refractivity contribution in [3.8, 4) is 0 Å². The van der Waals surface area contributed by atoms with E-state index < -0.39 is 0 Å². The van der Waals surface area contributed by atoms with Crippen LogP contribution in [0.2, 0.25) is 0 Å². The number of hydrogen-bond acceptors (Lipinski definition) is 2. The van der Waals surface area contributed by atoms with Gasteiger partial charge >= 0.3 is 0 Å². The molecule has 0 unspecified atom stereocenters. The van der Waals surface area contributed by atoms with Crippen molar-refractivity contribution in [1.82, 2.24) is 0 Å². The first-order valence-corrected chi connectivity index (χ1v) is 6.33. The van der Waals surface area contributed by atoms with Crippen molar-refractivity contribution in [1.29, 1.82) is 0 Å². The molecule has 18 heavy (non-hydrogen) atoms. The zero-order valence-corrected chi connectivity index (χ0v) is 11.1. The van der Waals surface area contributed by atoms with E-state index >= 15 is 0 Å². The fourth-order valence-electron chi connectivity index (χ4n) is 2.10. The van der Waals surface area contributed by atoms with Gasteiger partial charge in [-0.25, -0.2) is 0 Å². The van der Waals surface area contributed by atoms with Crippen LogP contribution in [0.3, 0.4) is 0 Å². The standard InChI is InChI=1S/C16H20O2/c1-17-9-7-13-3-5-15-6-4-14(8-10-18-2)12-16(15)11-13/h3-6,11-12H,7-10H2,1-2H3. The van der Waals surface area contributed by atoms with Crippen LogP contribution in [0.15, 0.2) is 36.4 Å². The topological polar surface area (TPSA) is 18.5 Å². The Bertz CT molecular complexity index is 463. The van der Waals surface area contributed by atoms with Gasteiger partial charge in [0.05, 0.1) is 13.2 Å². The summed E-state index contributed by atoms with van der Waals surface area (Å²) in [4.78, 5) is 0. The summed E-state index contributed by atoms with van der Waals surface area (Å²) in [6.07, 6.45) is 1.93. The van der Waals surface area contributed by atoms with Crippen molar-refractivity contribution in [2.75, 3.05) is 27.4 Å². The van der Waals surface area contributed by atoms with Crippen LogP contribution in [-0.2, 0) is 22.3 Å². The number of fused-ring (bicyclic) bond motifs is 1. The minimum atomic E-state index is 0.773. The number of ether oxygens (including phenoxy) is 2. The maximum Gasteiger partial charge on any atom is 0.0502 e.